The lowest BCUT2D eigenvalue weighted by atomic mass is 10.0. The van der Waals surface area contributed by atoms with E-state index in [0.29, 0.717) is 17.4 Å². The van der Waals surface area contributed by atoms with Crippen LogP contribution in [0, 0.1) is 0 Å². The molecule has 0 N–H and O–H groups in total. The summed E-state index contributed by atoms with van der Waals surface area (Å²) in [7, 11) is 1.16. The third kappa shape index (κ3) is 54.5. The summed E-state index contributed by atoms with van der Waals surface area (Å²) in [5.74, 6) is -0.838. The van der Waals surface area contributed by atoms with Crippen LogP contribution < -0.4 is 4.89 Å². The van der Waals surface area contributed by atoms with Gasteiger partial charge in [-0.15, -0.1) is 0 Å². The van der Waals surface area contributed by atoms with Crippen LogP contribution in [0.2, 0.25) is 0 Å². The van der Waals surface area contributed by atoms with Crippen LogP contribution in [-0.4, -0.2) is 70.0 Å². The van der Waals surface area contributed by atoms with Crippen molar-refractivity contribution in [3.05, 3.63) is 85.1 Å². The van der Waals surface area contributed by atoms with Crippen LogP contribution in [0.5, 0.6) is 0 Å². The van der Waals surface area contributed by atoms with Crippen LogP contribution in [0.15, 0.2) is 85.1 Å². The molecule has 0 bridgehead atoms. The molecule has 0 heterocycles. The van der Waals surface area contributed by atoms with Gasteiger partial charge in [-0.1, -0.05) is 234 Å². The van der Waals surface area contributed by atoms with Crippen molar-refractivity contribution in [3.8, 4) is 0 Å². The molecular formula is C60H106NO8P. The van der Waals surface area contributed by atoms with Gasteiger partial charge in [0.1, 0.15) is 19.8 Å². The van der Waals surface area contributed by atoms with E-state index in [-0.39, 0.29) is 32.0 Å². The second-order valence-electron chi connectivity index (χ2n) is 19.9. The first kappa shape index (κ1) is 67.2. The molecule has 0 amide bonds. The Labute approximate surface area is 431 Å². The van der Waals surface area contributed by atoms with E-state index in [2.05, 4.69) is 98.9 Å². The van der Waals surface area contributed by atoms with Crippen LogP contribution in [-0.2, 0) is 32.7 Å². The third-order valence-corrected chi connectivity index (χ3v) is 12.9. The first-order valence-electron chi connectivity index (χ1n) is 28.3. The molecule has 0 radical (unpaired) electrons. The summed E-state index contributed by atoms with van der Waals surface area (Å²) in [4.78, 5) is 37.8. The van der Waals surface area contributed by atoms with Crippen LogP contribution in [0.4, 0.5) is 0 Å². The molecule has 0 aromatic heterocycles. The monoisotopic (exact) mass is 1000 g/mol. The minimum atomic E-state index is -4.64. The number of carbonyl (C=O) groups excluding carboxylic acids is 2. The first-order chi connectivity index (χ1) is 34.0. The average Bonchev–Trinajstić information content (AvgIpc) is 3.32. The Morgan fingerprint density at radius 1 is 0.457 bits per heavy atom. The predicted octanol–water partition coefficient (Wildman–Crippen LogP) is 16.8. The number of allylic oxidation sites excluding steroid dienone is 14. The molecule has 404 valence electrons. The van der Waals surface area contributed by atoms with Crippen molar-refractivity contribution in [2.45, 2.75) is 238 Å². The molecule has 0 aromatic rings. The molecule has 10 heteroatoms. The maximum Gasteiger partial charge on any atom is 0.306 e. The molecule has 0 saturated heterocycles. The van der Waals surface area contributed by atoms with E-state index in [4.69, 9.17) is 18.5 Å². The summed E-state index contributed by atoms with van der Waals surface area (Å²) in [6.07, 6.45) is 67.6. The summed E-state index contributed by atoms with van der Waals surface area (Å²) in [6, 6.07) is 0. The number of quaternary nitrogens is 1. The summed E-state index contributed by atoms with van der Waals surface area (Å²) in [5, 5.41) is 0. The van der Waals surface area contributed by atoms with Gasteiger partial charge in [0, 0.05) is 12.8 Å². The van der Waals surface area contributed by atoms with Gasteiger partial charge in [0.05, 0.1) is 27.7 Å². The highest BCUT2D eigenvalue weighted by molar-refractivity contribution is 7.45. The van der Waals surface area contributed by atoms with Gasteiger partial charge < -0.3 is 27.9 Å². The van der Waals surface area contributed by atoms with Crippen LogP contribution in [0.3, 0.4) is 0 Å². The number of hydrogen-bond acceptors (Lipinski definition) is 8. The quantitative estimate of drug-likeness (QED) is 0.0195. The maximum atomic E-state index is 12.8. The SMILES string of the molecule is CC/C=C\C/C=C\C/C=C\C/C=C\C/C=C\C/C=C\C/C=C\CCCCCCCCCCCC(=O)OC(COC(=O)CCCCCCCCCCCCCCCCC)COP(=O)([O-])OCC[N+](C)(C)C. The summed E-state index contributed by atoms with van der Waals surface area (Å²) in [5.41, 5.74) is 0. The van der Waals surface area contributed by atoms with Gasteiger partial charge >= 0.3 is 11.9 Å². The Morgan fingerprint density at radius 2 is 0.814 bits per heavy atom. The van der Waals surface area contributed by atoms with E-state index >= 15 is 0 Å². The number of nitrogens with zero attached hydrogens (tertiary/aromatic N) is 1. The van der Waals surface area contributed by atoms with Crippen LogP contribution in [0.25, 0.3) is 0 Å². The molecule has 2 atom stereocenters. The van der Waals surface area contributed by atoms with Crippen molar-refractivity contribution < 1.29 is 42.1 Å². The fraction of sp³-hybridized carbons (Fsp3) is 0.733. The predicted molar refractivity (Wildman–Crippen MR) is 296 cm³/mol. The summed E-state index contributed by atoms with van der Waals surface area (Å²) < 4.78 is 34.1. The van der Waals surface area contributed by atoms with Crippen molar-refractivity contribution in [3.63, 3.8) is 0 Å². The first-order valence-corrected chi connectivity index (χ1v) is 29.8. The number of carbonyl (C=O) groups is 2. The third-order valence-electron chi connectivity index (χ3n) is 11.9. The Bertz CT molecular complexity index is 1460. The van der Waals surface area contributed by atoms with Gasteiger partial charge in [0.2, 0.25) is 0 Å². The van der Waals surface area contributed by atoms with Crippen molar-refractivity contribution in [2.75, 3.05) is 47.5 Å². The topological polar surface area (TPSA) is 111 Å². The number of phosphoric acid groups is 1. The Balaban J connectivity index is 4.17. The number of rotatable bonds is 51. The average molecular weight is 1000 g/mol. The van der Waals surface area contributed by atoms with Gasteiger partial charge in [-0.2, -0.15) is 0 Å². The van der Waals surface area contributed by atoms with Crippen molar-refractivity contribution in [1.82, 2.24) is 0 Å². The molecule has 0 aliphatic carbocycles. The minimum absolute atomic E-state index is 0.0343. The van der Waals surface area contributed by atoms with Crippen molar-refractivity contribution in [2.24, 2.45) is 0 Å². The lowest BCUT2D eigenvalue weighted by Crippen LogP contribution is -2.37. The number of unbranched alkanes of at least 4 members (excludes halogenated alkanes) is 23. The highest BCUT2D eigenvalue weighted by Crippen LogP contribution is 2.38. The van der Waals surface area contributed by atoms with E-state index in [0.717, 1.165) is 89.9 Å². The second-order valence-corrected chi connectivity index (χ2v) is 21.3. The fourth-order valence-electron chi connectivity index (χ4n) is 7.58. The Hall–Kier alpha value is -2.81. The van der Waals surface area contributed by atoms with Gasteiger partial charge in [0.25, 0.3) is 7.82 Å². The zero-order valence-corrected chi connectivity index (χ0v) is 46.6. The lowest BCUT2D eigenvalue weighted by Gasteiger charge is -2.28. The molecule has 0 aromatic carbocycles. The van der Waals surface area contributed by atoms with Crippen LogP contribution >= 0.6 is 7.82 Å². The number of ether oxygens (including phenoxy) is 2. The largest absolute Gasteiger partial charge is 0.756 e. The fourth-order valence-corrected chi connectivity index (χ4v) is 8.31. The number of phosphoric ester groups is 1. The van der Waals surface area contributed by atoms with Gasteiger partial charge in [-0.3, -0.25) is 14.2 Å². The second kappa shape index (κ2) is 51.1. The van der Waals surface area contributed by atoms with Gasteiger partial charge in [0.15, 0.2) is 6.10 Å². The van der Waals surface area contributed by atoms with Gasteiger partial charge in [-0.05, 0) is 70.6 Å². The lowest BCUT2D eigenvalue weighted by molar-refractivity contribution is -0.870. The molecule has 0 rings (SSSR count). The standard InChI is InChI=1S/C60H106NO8P/c1-6-8-10-12-14-16-18-20-22-23-24-25-26-27-28-29-30-31-32-33-34-35-36-37-39-41-43-45-47-49-51-53-60(63)69-58(57-68-70(64,65)67-55-54-61(3,4)5)56-66-59(62)52-50-48-46-44-42-40-38-21-19-17-15-13-11-9-7-2/h8,10,14,16,20,22,24-25,27-28,30-31,33-34,58H,6-7,9,11-13,15,17-19,21,23,26,29,32,35-57H2,1-5H3/b10-8-,16-14-,22-20-,25-24-,28-27-,31-30-,34-33-. The molecule has 0 aliphatic heterocycles. The summed E-state index contributed by atoms with van der Waals surface area (Å²) >= 11 is 0. The minimum Gasteiger partial charge on any atom is -0.756 e. The number of likely N-dealkylation sites (N-methyl/N-ethyl adjacent to an activating group) is 1. The molecule has 70 heavy (non-hydrogen) atoms. The molecule has 0 fully saturated rings. The zero-order chi connectivity index (χ0) is 51.3. The maximum absolute atomic E-state index is 12.8. The molecule has 9 nitrogen and oxygen atoms in total. The molecule has 0 aliphatic rings. The zero-order valence-electron chi connectivity index (χ0n) is 45.7. The molecule has 0 spiro atoms. The highest BCUT2D eigenvalue weighted by atomic mass is 31.2. The molecular weight excluding hydrogens is 894 g/mol. The normalized spacial score (nSPS) is 14.0. The van der Waals surface area contributed by atoms with E-state index in [1.807, 2.05) is 21.1 Å². The summed E-state index contributed by atoms with van der Waals surface area (Å²) in [6.45, 7) is 4.12. The van der Waals surface area contributed by atoms with E-state index in [1.165, 1.54) is 109 Å². The van der Waals surface area contributed by atoms with Crippen molar-refractivity contribution in [1.29, 1.82) is 0 Å². The number of esters is 2. The Morgan fingerprint density at radius 3 is 1.21 bits per heavy atom. The highest BCUT2D eigenvalue weighted by Gasteiger charge is 2.21. The molecule has 2 unspecified atom stereocenters. The van der Waals surface area contributed by atoms with E-state index in [9.17, 15) is 19.0 Å². The molecule has 0 saturated carbocycles. The number of hydrogen-bond donors (Lipinski definition) is 0. The van der Waals surface area contributed by atoms with E-state index < -0.39 is 26.5 Å². The van der Waals surface area contributed by atoms with Crippen LogP contribution in [0.1, 0.15) is 232 Å². The Kier molecular flexibility index (Phi) is 49.1. The van der Waals surface area contributed by atoms with Crippen molar-refractivity contribution >= 4 is 19.8 Å². The van der Waals surface area contributed by atoms with Gasteiger partial charge in [-0.25, -0.2) is 0 Å². The smallest absolute Gasteiger partial charge is 0.306 e. The van der Waals surface area contributed by atoms with E-state index in [1.54, 1.807) is 0 Å².